The Labute approximate surface area is 155 Å². The molecule has 27 heavy (non-hydrogen) atoms. The maximum Gasteiger partial charge on any atom is 0.330 e. The Kier molecular flexibility index (Phi) is 4.75. The van der Waals surface area contributed by atoms with Crippen LogP contribution in [0.3, 0.4) is 0 Å². The number of carbonyl (C=O) groups excluding carboxylic acids is 1. The third-order valence-electron chi connectivity index (χ3n) is 5.14. The van der Waals surface area contributed by atoms with E-state index in [9.17, 15) is 14.0 Å². The maximum atomic E-state index is 13.1. The zero-order valence-corrected chi connectivity index (χ0v) is 14.9. The average molecular weight is 368 g/mol. The van der Waals surface area contributed by atoms with Gasteiger partial charge < -0.3 is 5.32 Å². The molecule has 3 aromatic rings. The van der Waals surface area contributed by atoms with Crippen LogP contribution in [0.25, 0.3) is 11.2 Å². The Morgan fingerprint density at radius 2 is 1.96 bits per heavy atom. The third-order valence-corrected chi connectivity index (χ3v) is 5.14. The van der Waals surface area contributed by atoms with Crippen molar-refractivity contribution in [1.29, 1.82) is 0 Å². The summed E-state index contributed by atoms with van der Waals surface area (Å²) in [6, 6.07) is 9.73. The molecule has 0 aliphatic heterocycles. The molecular formula is C20H21FN4O2. The van der Waals surface area contributed by atoms with Crippen molar-refractivity contribution in [1.82, 2.24) is 19.4 Å². The quantitative estimate of drug-likeness (QED) is 0.726. The second kappa shape index (κ2) is 7.34. The number of carbonyl (C=O) groups is 1. The van der Waals surface area contributed by atoms with Gasteiger partial charge in [-0.2, -0.15) is 0 Å². The molecule has 1 saturated carbocycles. The summed E-state index contributed by atoms with van der Waals surface area (Å²) >= 11 is 0. The second-order valence-corrected chi connectivity index (χ2v) is 6.91. The van der Waals surface area contributed by atoms with Gasteiger partial charge in [-0.3, -0.25) is 13.9 Å². The number of imidazole rings is 1. The molecule has 0 spiro atoms. The summed E-state index contributed by atoms with van der Waals surface area (Å²) in [4.78, 5) is 29.3. The van der Waals surface area contributed by atoms with Crippen molar-refractivity contribution in [2.75, 3.05) is 6.54 Å². The Morgan fingerprint density at radius 3 is 2.67 bits per heavy atom. The Balaban J connectivity index is 1.57. The van der Waals surface area contributed by atoms with Crippen LogP contribution in [-0.2, 0) is 17.9 Å². The first-order valence-corrected chi connectivity index (χ1v) is 9.19. The lowest BCUT2D eigenvalue weighted by atomic mass is 9.85. The topological polar surface area (TPSA) is 68.9 Å². The number of hydrogen-bond donors (Lipinski definition) is 1. The molecule has 4 rings (SSSR count). The smallest absolute Gasteiger partial charge is 0.330 e. The van der Waals surface area contributed by atoms with E-state index in [-0.39, 0.29) is 23.3 Å². The number of nitrogens with one attached hydrogen (secondary N) is 1. The highest BCUT2D eigenvalue weighted by atomic mass is 19.1. The molecule has 140 valence electrons. The normalized spacial score (nSPS) is 14.3. The van der Waals surface area contributed by atoms with Crippen LogP contribution in [0.15, 0.2) is 47.4 Å². The molecule has 2 heterocycles. The van der Waals surface area contributed by atoms with E-state index in [1.165, 1.54) is 12.1 Å². The summed E-state index contributed by atoms with van der Waals surface area (Å²) in [5, 5.41) is 2.91. The van der Waals surface area contributed by atoms with Gasteiger partial charge in [-0.1, -0.05) is 18.6 Å². The largest absolute Gasteiger partial charge is 0.354 e. The molecule has 0 bridgehead atoms. The minimum absolute atomic E-state index is 0.0670. The molecule has 0 saturated heterocycles. The molecule has 0 atom stereocenters. The second-order valence-electron chi connectivity index (χ2n) is 6.91. The van der Waals surface area contributed by atoms with E-state index < -0.39 is 0 Å². The molecular weight excluding hydrogens is 347 g/mol. The van der Waals surface area contributed by atoms with Gasteiger partial charge >= 0.3 is 5.69 Å². The fourth-order valence-electron chi connectivity index (χ4n) is 3.38. The molecule has 0 radical (unpaired) electrons. The molecule has 2 aromatic heterocycles. The van der Waals surface area contributed by atoms with E-state index in [2.05, 4.69) is 10.3 Å². The number of halogens is 1. The lowest BCUT2D eigenvalue weighted by Gasteiger charge is -2.23. The van der Waals surface area contributed by atoms with Crippen molar-refractivity contribution in [3.05, 3.63) is 64.5 Å². The third kappa shape index (κ3) is 3.49. The number of amides is 1. The highest BCUT2D eigenvalue weighted by Gasteiger charge is 2.24. The average Bonchev–Trinajstić information content (AvgIpc) is 2.88. The molecule has 7 heteroatoms. The van der Waals surface area contributed by atoms with E-state index >= 15 is 0 Å². The van der Waals surface area contributed by atoms with Crippen LogP contribution >= 0.6 is 0 Å². The van der Waals surface area contributed by atoms with Gasteiger partial charge in [0.15, 0.2) is 5.65 Å². The van der Waals surface area contributed by atoms with E-state index in [4.69, 9.17) is 0 Å². The number of hydrogen-bond acceptors (Lipinski definition) is 3. The van der Waals surface area contributed by atoms with E-state index in [1.54, 1.807) is 33.5 Å². The zero-order chi connectivity index (χ0) is 18.8. The van der Waals surface area contributed by atoms with Gasteiger partial charge in [-0.15, -0.1) is 0 Å². The predicted octanol–water partition coefficient (Wildman–Crippen LogP) is 2.30. The number of benzene rings is 1. The molecule has 1 aliphatic carbocycles. The van der Waals surface area contributed by atoms with Crippen LogP contribution < -0.4 is 11.0 Å². The van der Waals surface area contributed by atoms with E-state index in [1.807, 2.05) is 6.07 Å². The number of fused-ring (bicyclic) bond motifs is 1. The molecule has 6 nitrogen and oxygen atoms in total. The van der Waals surface area contributed by atoms with Gasteiger partial charge in [-0.25, -0.2) is 14.2 Å². The minimum atomic E-state index is -0.308. The molecule has 1 fully saturated rings. The lowest BCUT2D eigenvalue weighted by Crippen LogP contribution is -2.37. The standard InChI is InChI=1S/C20H21FN4O2/c21-16-8-6-14(7-9-16)13-25-17-5-2-10-22-18(17)24(20(25)27)12-11-23-19(26)15-3-1-4-15/h2,5-10,15H,1,3-4,11-13H2,(H,23,26). The minimum Gasteiger partial charge on any atom is -0.354 e. The lowest BCUT2D eigenvalue weighted by molar-refractivity contribution is -0.127. The van der Waals surface area contributed by atoms with E-state index in [0.29, 0.717) is 25.3 Å². The van der Waals surface area contributed by atoms with Crippen LogP contribution in [0.4, 0.5) is 4.39 Å². The zero-order valence-electron chi connectivity index (χ0n) is 14.9. The van der Waals surface area contributed by atoms with Gasteiger partial charge in [0.25, 0.3) is 0 Å². The maximum absolute atomic E-state index is 13.1. The predicted molar refractivity (Wildman–Crippen MR) is 99.8 cm³/mol. The SMILES string of the molecule is O=C(NCCn1c(=O)n(Cc2ccc(F)cc2)c2cccnc21)C1CCC1. The van der Waals surface area contributed by atoms with Gasteiger partial charge in [0.1, 0.15) is 5.82 Å². The van der Waals surface area contributed by atoms with Gasteiger partial charge in [0.2, 0.25) is 5.91 Å². The molecule has 1 aliphatic rings. The number of nitrogens with zero attached hydrogens (tertiary/aromatic N) is 3. The Hall–Kier alpha value is -2.96. The molecule has 0 unspecified atom stereocenters. The van der Waals surface area contributed by atoms with Gasteiger partial charge in [0, 0.05) is 25.2 Å². The fourth-order valence-corrected chi connectivity index (χ4v) is 3.38. The van der Waals surface area contributed by atoms with Crippen molar-refractivity contribution in [3.8, 4) is 0 Å². The Morgan fingerprint density at radius 1 is 1.19 bits per heavy atom. The van der Waals surface area contributed by atoms with Gasteiger partial charge in [0.05, 0.1) is 12.1 Å². The van der Waals surface area contributed by atoms with E-state index in [0.717, 1.165) is 30.3 Å². The van der Waals surface area contributed by atoms with Crippen LogP contribution in [-0.4, -0.2) is 26.6 Å². The summed E-state index contributed by atoms with van der Waals surface area (Å²) in [7, 11) is 0. The number of pyridine rings is 1. The summed E-state index contributed by atoms with van der Waals surface area (Å²) in [6.45, 7) is 1.09. The number of aromatic nitrogens is 3. The molecule has 1 aromatic carbocycles. The van der Waals surface area contributed by atoms with Crippen molar-refractivity contribution in [2.45, 2.75) is 32.4 Å². The molecule has 1 N–H and O–H groups in total. The highest BCUT2D eigenvalue weighted by Crippen LogP contribution is 2.26. The highest BCUT2D eigenvalue weighted by molar-refractivity contribution is 5.79. The monoisotopic (exact) mass is 368 g/mol. The first-order chi connectivity index (χ1) is 13.1. The van der Waals surface area contributed by atoms with Crippen LogP contribution in [0.2, 0.25) is 0 Å². The number of rotatable bonds is 6. The summed E-state index contributed by atoms with van der Waals surface area (Å²) in [5.41, 5.74) is 1.95. The van der Waals surface area contributed by atoms with Crippen LogP contribution in [0.1, 0.15) is 24.8 Å². The van der Waals surface area contributed by atoms with Crippen molar-refractivity contribution < 1.29 is 9.18 Å². The van der Waals surface area contributed by atoms with Gasteiger partial charge in [-0.05, 0) is 42.7 Å². The summed E-state index contributed by atoms with van der Waals surface area (Å²) < 4.78 is 16.3. The van der Waals surface area contributed by atoms with Crippen molar-refractivity contribution in [2.24, 2.45) is 5.92 Å². The summed E-state index contributed by atoms with van der Waals surface area (Å²) in [5.74, 6) is -0.116. The summed E-state index contributed by atoms with van der Waals surface area (Å²) in [6.07, 6.45) is 4.65. The Bertz CT molecular complexity index is 1020. The first kappa shape index (κ1) is 17.5. The van der Waals surface area contributed by atoms with Crippen molar-refractivity contribution in [3.63, 3.8) is 0 Å². The van der Waals surface area contributed by atoms with Crippen LogP contribution in [0, 0.1) is 11.7 Å². The first-order valence-electron chi connectivity index (χ1n) is 9.19. The fraction of sp³-hybridized carbons (Fsp3) is 0.350. The van der Waals surface area contributed by atoms with Crippen LogP contribution in [0.5, 0.6) is 0 Å². The molecule has 1 amide bonds. The van der Waals surface area contributed by atoms with Crippen molar-refractivity contribution >= 4 is 17.1 Å².